The largest absolute Gasteiger partial charge is 0.0693 e. The lowest BCUT2D eigenvalue weighted by Gasteiger charge is -2.21. The lowest BCUT2D eigenvalue weighted by atomic mass is 10.0. The van der Waals surface area contributed by atoms with Crippen LogP contribution in [0.5, 0.6) is 0 Å². The summed E-state index contributed by atoms with van der Waals surface area (Å²) < 4.78 is 0. The summed E-state index contributed by atoms with van der Waals surface area (Å²) in [6.45, 7) is 14.8. The zero-order chi connectivity index (χ0) is 15.0. The third-order valence-corrected chi connectivity index (χ3v) is 6.40. The predicted octanol–water partition coefficient (Wildman–Crippen LogP) is 5.68. The molecule has 0 spiro atoms. The van der Waals surface area contributed by atoms with Gasteiger partial charge in [0.15, 0.2) is 0 Å². The maximum absolute atomic E-state index is 2.47. The van der Waals surface area contributed by atoms with Gasteiger partial charge >= 0.3 is 0 Å². The maximum atomic E-state index is 2.47. The molecule has 0 unspecified atom stereocenters. The van der Waals surface area contributed by atoms with Crippen LogP contribution in [0.4, 0.5) is 0 Å². The third-order valence-electron chi connectivity index (χ3n) is 3.52. The van der Waals surface area contributed by atoms with E-state index in [0.717, 1.165) is 0 Å². The van der Waals surface area contributed by atoms with Crippen molar-refractivity contribution < 1.29 is 0 Å². The summed E-state index contributed by atoms with van der Waals surface area (Å²) in [4.78, 5) is 0. The van der Waals surface area contributed by atoms with E-state index in [4.69, 9.17) is 0 Å². The third kappa shape index (κ3) is 4.06. The van der Waals surface area contributed by atoms with E-state index in [0.29, 0.717) is 0 Å². The molecule has 2 aromatic rings. The van der Waals surface area contributed by atoms with Gasteiger partial charge in [-0.2, -0.15) is 0 Å². The second kappa shape index (κ2) is 5.49. The Balaban J connectivity index is 2.58. The fourth-order valence-electron chi connectivity index (χ4n) is 2.94. The van der Waals surface area contributed by atoms with Crippen LogP contribution in [-0.2, 0) is 12.1 Å². The molecule has 0 saturated heterocycles. The van der Waals surface area contributed by atoms with Crippen molar-refractivity contribution in [3.05, 3.63) is 47.5 Å². The first-order chi connectivity index (χ1) is 9.16. The molecule has 0 nitrogen and oxygen atoms in total. The maximum Gasteiger partial charge on any atom is 0.0487 e. The van der Waals surface area contributed by atoms with Gasteiger partial charge in [0, 0.05) is 16.1 Å². The number of rotatable bonds is 4. The summed E-state index contributed by atoms with van der Waals surface area (Å²) in [6, 6.07) is 16.3. The van der Waals surface area contributed by atoms with Crippen molar-refractivity contribution in [1.29, 1.82) is 0 Å². The zero-order valence-corrected chi connectivity index (χ0v) is 15.9. The highest BCUT2D eigenvalue weighted by Gasteiger charge is 2.19. The highest BCUT2D eigenvalue weighted by molar-refractivity contribution is 6.76. The van der Waals surface area contributed by atoms with Crippen LogP contribution in [0.1, 0.15) is 11.1 Å². The van der Waals surface area contributed by atoms with E-state index in [9.17, 15) is 0 Å². The van der Waals surface area contributed by atoms with Gasteiger partial charge in [0.25, 0.3) is 0 Å². The minimum Gasteiger partial charge on any atom is -0.0693 e. The molecular formula is C18H28Si2. The van der Waals surface area contributed by atoms with Gasteiger partial charge in [-0.05, 0) is 34.0 Å². The van der Waals surface area contributed by atoms with Crippen molar-refractivity contribution in [1.82, 2.24) is 0 Å². The van der Waals surface area contributed by atoms with Gasteiger partial charge in [-0.1, -0.05) is 75.7 Å². The Bertz CT molecular complexity index is 550. The number of hydrogen-bond acceptors (Lipinski definition) is 0. The first kappa shape index (κ1) is 15.5. The summed E-state index contributed by atoms with van der Waals surface area (Å²) in [6.07, 6.45) is 0. The van der Waals surface area contributed by atoms with Crippen molar-refractivity contribution in [2.24, 2.45) is 0 Å². The SMILES string of the molecule is C[Si](C)(C)Cc1cccc2cccc(C[Si](C)(C)C)c12. The van der Waals surface area contributed by atoms with E-state index < -0.39 is 16.1 Å². The molecule has 0 aliphatic heterocycles. The normalized spacial score (nSPS) is 12.9. The predicted molar refractivity (Wildman–Crippen MR) is 98.0 cm³/mol. The van der Waals surface area contributed by atoms with Crippen LogP contribution < -0.4 is 0 Å². The van der Waals surface area contributed by atoms with Gasteiger partial charge in [0.05, 0.1) is 0 Å². The fraction of sp³-hybridized carbons (Fsp3) is 0.444. The van der Waals surface area contributed by atoms with Gasteiger partial charge in [0.2, 0.25) is 0 Å². The van der Waals surface area contributed by atoms with Crippen LogP contribution >= 0.6 is 0 Å². The summed E-state index contributed by atoms with van der Waals surface area (Å²) in [5.41, 5.74) is 3.16. The molecule has 2 rings (SSSR count). The van der Waals surface area contributed by atoms with Crippen molar-refractivity contribution >= 4 is 26.9 Å². The Hall–Kier alpha value is -0.866. The van der Waals surface area contributed by atoms with Crippen LogP contribution in [0, 0.1) is 0 Å². The number of hydrogen-bond donors (Lipinski definition) is 0. The van der Waals surface area contributed by atoms with Gasteiger partial charge in [-0.3, -0.25) is 0 Å². The second-order valence-corrected chi connectivity index (χ2v) is 19.4. The highest BCUT2D eigenvalue weighted by atomic mass is 28.3. The van der Waals surface area contributed by atoms with Gasteiger partial charge < -0.3 is 0 Å². The van der Waals surface area contributed by atoms with E-state index in [1.54, 1.807) is 16.5 Å². The molecule has 0 amide bonds. The van der Waals surface area contributed by atoms with Crippen LogP contribution in [-0.4, -0.2) is 16.1 Å². The average Bonchev–Trinajstić information content (AvgIpc) is 2.25. The van der Waals surface area contributed by atoms with E-state index in [1.165, 1.54) is 17.5 Å². The van der Waals surface area contributed by atoms with Gasteiger partial charge in [0.1, 0.15) is 0 Å². The molecule has 20 heavy (non-hydrogen) atoms. The minimum absolute atomic E-state index is 1.09. The van der Waals surface area contributed by atoms with Crippen LogP contribution in [0.15, 0.2) is 36.4 Å². The molecule has 2 aromatic carbocycles. The topological polar surface area (TPSA) is 0 Å². The van der Waals surface area contributed by atoms with Gasteiger partial charge in [-0.15, -0.1) is 0 Å². The van der Waals surface area contributed by atoms with Gasteiger partial charge in [-0.25, -0.2) is 0 Å². The lowest BCUT2D eigenvalue weighted by molar-refractivity contribution is 1.29. The average molecular weight is 301 g/mol. The van der Waals surface area contributed by atoms with Crippen molar-refractivity contribution in [2.75, 3.05) is 0 Å². The lowest BCUT2D eigenvalue weighted by Crippen LogP contribution is -2.25. The van der Waals surface area contributed by atoms with Crippen LogP contribution in [0.25, 0.3) is 10.8 Å². The molecule has 0 atom stereocenters. The van der Waals surface area contributed by atoms with E-state index in [-0.39, 0.29) is 0 Å². The van der Waals surface area contributed by atoms with E-state index >= 15 is 0 Å². The smallest absolute Gasteiger partial charge is 0.0487 e. The quantitative estimate of drug-likeness (QED) is 0.637. The fourth-order valence-corrected chi connectivity index (χ4v) is 5.81. The van der Waals surface area contributed by atoms with Crippen molar-refractivity contribution in [3.63, 3.8) is 0 Å². The Morgan fingerprint density at radius 2 is 1.05 bits per heavy atom. The monoisotopic (exact) mass is 300 g/mol. The Morgan fingerprint density at radius 3 is 1.40 bits per heavy atom. The molecule has 0 fully saturated rings. The van der Waals surface area contributed by atoms with Crippen LogP contribution in [0.2, 0.25) is 39.3 Å². The van der Waals surface area contributed by atoms with E-state index in [2.05, 4.69) is 75.7 Å². The summed E-state index contributed by atoms with van der Waals surface area (Å²) in [7, 11) is -2.17. The second-order valence-electron chi connectivity index (χ2n) is 8.41. The molecule has 2 heteroatoms. The molecular weight excluding hydrogens is 272 g/mol. The molecule has 0 aromatic heterocycles. The molecule has 0 bridgehead atoms. The zero-order valence-electron chi connectivity index (χ0n) is 13.9. The highest BCUT2D eigenvalue weighted by Crippen LogP contribution is 2.28. The first-order valence-corrected chi connectivity index (χ1v) is 15.1. The Kier molecular flexibility index (Phi) is 4.26. The van der Waals surface area contributed by atoms with Crippen molar-refractivity contribution in [2.45, 2.75) is 51.4 Å². The minimum atomic E-state index is -1.09. The summed E-state index contributed by atoms with van der Waals surface area (Å²) in [5.74, 6) is 0. The van der Waals surface area contributed by atoms with E-state index in [1.807, 2.05) is 0 Å². The standard InChI is InChI=1S/C18H28Si2/c1-19(2,3)13-16-11-7-9-15-10-8-12-17(18(15)16)14-20(4,5)6/h7-12H,13-14H2,1-6H3. The summed E-state index contributed by atoms with van der Waals surface area (Å²) >= 11 is 0. The van der Waals surface area contributed by atoms with Crippen LogP contribution in [0.3, 0.4) is 0 Å². The molecule has 0 N–H and O–H groups in total. The number of benzene rings is 2. The molecule has 0 heterocycles. The van der Waals surface area contributed by atoms with Crippen molar-refractivity contribution in [3.8, 4) is 0 Å². The number of fused-ring (bicyclic) bond motifs is 1. The molecule has 0 aliphatic carbocycles. The summed E-state index contributed by atoms with van der Waals surface area (Å²) in [5, 5.41) is 2.98. The molecule has 0 radical (unpaired) electrons. The Labute approximate surface area is 126 Å². The Morgan fingerprint density at radius 1 is 0.650 bits per heavy atom. The first-order valence-electron chi connectivity index (χ1n) is 7.65. The molecule has 108 valence electrons. The molecule has 0 saturated carbocycles. The molecule has 0 aliphatic rings.